The maximum atomic E-state index is 5.74. The van der Waals surface area contributed by atoms with Gasteiger partial charge in [0.25, 0.3) is 0 Å². The lowest BCUT2D eigenvalue weighted by molar-refractivity contribution is 0.127. The standard InChI is InChI=1S/C15H23NO2S/c1-12-15(7-9-17-12)19-11-10-18-14-4-2-13(3-5-14)6-8-16/h2-5,12,15H,6-11,16H2,1H3. The summed E-state index contributed by atoms with van der Waals surface area (Å²) in [5.74, 6) is 1.96. The van der Waals surface area contributed by atoms with Gasteiger partial charge in [0.15, 0.2) is 0 Å². The number of ether oxygens (including phenoxy) is 2. The van der Waals surface area contributed by atoms with E-state index in [1.807, 2.05) is 23.9 Å². The molecule has 1 aromatic rings. The van der Waals surface area contributed by atoms with Crippen molar-refractivity contribution in [2.75, 3.05) is 25.5 Å². The molecule has 3 nitrogen and oxygen atoms in total. The Hall–Kier alpha value is -0.710. The SMILES string of the molecule is CC1OCCC1SCCOc1ccc(CCN)cc1. The lowest BCUT2D eigenvalue weighted by atomic mass is 10.1. The molecule has 2 rings (SSSR count). The minimum atomic E-state index is 0.389. The third kappa shape index (κ3) is 4.71. The highest BCUT2D eigenvalue weighted by Crippen LogP contribution is 2.26. The van der Waals surface area contributed by atoms with E-state index in [0.29, 0.717) is 17.9 Å². The predicted molar refractivity (Wildman–Crippen MR) is 81.0 cm³/mol. The normalized spacial score (nSPS) is 22.6. The summed E-state index contributed by atoms with van der Waals surface area (Å²) in [7, 11) is 0. The molecule has 0 amide bonds. The molecule has 1 aromatic carbocycles. The summed E-state index contributed by atoms with van der Waals surface area (Å²) in [5.41, 5.74) is 6.79. The van der Waals surface area contributed by atoms with Crippen LogP contribution in [0.5, 0.6) is 5.75 Å². The lowest BCUT2D eigenvalue weighted by Crippen LogP contribution is -2.15. The Balaban J connectivity index is 1.65. The molecule has 0 aromatic heterocycles. The van der Waals surface area contributed by atoms with Gasteiger partial charge in [-0.1, -0.05) is 12.1 Å². The van der Waals surface area contributed by atoms with Gasteiger partial charge in [-0.25, -0.2) is 0 Å². The summed E-state index contributed by atoms with van der Waals surface area (Å²) in [6.45, 7) is 4.51. The van der Waals surface area contributed by atoms with Crippen LogP contribution in [0.15, 0.2) is 24.3 Å². The highest BCUT2D eigenvalue weighted by Gasteiger charge is 2.23. The first kappa shape index (κ1) is 14.7. The van der Waals surface area contributed by atoms with Crippen molar-refractivity contribution >= 4 is 11.8 Å². The first-order valence-corrected chi connectivity index (χ1v) is 7.99. The van der Waals surface area contributed by atoms with Gasteiger partial charge in [-0.15, -0.1) is 0 Å². The van der Waals surface area contributed by atoms with E-state index in [1.165, 1.54) is 12.0 Å². The zero-order valence-electron chi connectivity index (χ0n) is 11.5. The fraction of sp³-hybridized carbons (Fsp3) is 0.600. The smallest absolute Gasteiger partial charge is 0.119 e. The average molecular weight is 281 g/mol. The topological polar surface area (TPSA) is 44.5 Å². The second-order valence-corrected chi connectivity index (χ2v) is 6.15. The average Bonchev–Trinajstić information content (AvgIpc) is 2.83. The molecule has 19 heavy (non-hydrogen) atoms. The summed E-state index contributed by atoms with van der Waals surface area (Å²) in [4.78, 5) is 0. The van der Waals surface area contributed by atoms with E-state index in [0.717, 1.165) is 31.1 Å². The van der Waals surface area contributed by atoms with E-state index in [4.69, 9.17) is 15.2 Å². The number of nitrogens with two attached hydrogens (primary N) is 1. The Morgan fingerprint density at radius 1 is 1.37 bits per heavy atom. The Bertz CT molecular complexity index is 369. The first-order valence-electron chi connectivity index (χ1n) is 6.94. The zero-order chi connectivity index (χ0) is 13.5. The highest BCUT2D eigenvalue weighted by atomic mass is 32.2. The summed E-state index contributed by atoms with van der Waals surface area (Å²) in [6, 6.07) is 8.22. The molecule has 0 aliphatic carbocycles. The van der Waals surface area contributed by atoms with E-state index in [9.17, 15) is 0 Å². The van der Waals surface area contributed by atoms with Crippen LogP contribution in [0.25, 0.3) is 0 Å². The van der Waals surface area contributed by atoms with Crippen molar-refractivity contribution in [3.63, 3.8) is 0 Å². The van der Waals surface area contributed by atoms with E-state index in [-0.39, 0.29) is 0 Å². The molecule has 0 bridgehead atoms. The fourth-order valence-electron chi connectivity index (χ4n) is 2.21. The molecule has 1 aliphatic heterocycles. The van der Waals surface area contributed by atoms with Gasteiger partial charge in [0.05, 0.1) is 12.7 Å². The predicted octanol–water partition coefficient (Wildman–Crippen LogP) is 2.48. The minimum Gasteiger partial charge on any atom is -0.493 e. The fourth-order valence-corrected chi connectivity index (χ4v) is 3.30. The molecule has 0 spiro atoms. The Kier molecular flexibility index (Phi) is 6.01. The molecule has 1 aliphatic rings. The molecular weight excluding hydrogens is 258 g/mol. The summed E-state index contributed by atoms with van der Waals surface area (Å²) in [5, 5.41) is 0.635. The minimum absolute atomic E-state index is 0.389. The summed E-state index contributed by atoms with van der Waals surface area (Å²) >= 11 is 1.96. The third-order valence-electron chi connectivity index (χ3n) is 3.35. The molecule has 1 saturated heterocycles. The van der Waals surface area contributed by atoms with E-state index in [1.54, 1.807) is 0 Å². The van der Waals surface area contributed by atoms with Crippen LogP contribution in [0.2, 0.25) is 0 Å². The van der Waals surface area contributed by atoms with Crippen molar-refractivity contribution in [3.05, 3.63) is 29.8 Å². The quantitative estimate of drug-likeness (QED) is 0.780. The molecule has 4 heteroatoms. The van der Waals surface area contributed by atoms with E-state index < -0.39 is 0 Å². The summed E-state index contributed by atoms with van der Waals surface area (Å²) in [6.07, 6.45) is 2.48. The maximum absolute atomic E-state index is 5.74. The van der Waals surface area contributed by atoms with E-state index >= 15 is 0 Å². The van der Waals surface area contributed by atoms with E-state index in [2.05, 4.69) is 19.1 Å². The molecule has 106 valence electrons. The number of benzene rings is 1. The van der Waals surface area contributed by atoms with Crippen LogP contribution in [0, 0.1) is 0 Å². The molecular formula is C15H23NO2S. The molecule has 0 saturated carbocycles. The van der Waals surface area contributed by atoms with Gasteiger partial charge >= 0.3 is 0 Å². The van der Waals surface area contributed by atoms with Gasteiger partial charge in [-0.05, 0) is 44.0 Å². The Morgan fingerprint density at radius 2 is 2.16 bits per heavy atom. The van der Waals surface area contributed by atoms with Gasteiger partial charge in [0, 0.05) is 17.6 Å². The lowest BCUT2D eigenvalue weighted by Gasteiger charge is -2.13. The molecule has 2 N–H and O–H groups in total. The van der Waals surface area contributed by atoms with Gasteiger partial charge in [-0.2, -0.15) is 11.8 Å². The molecule has 0 radical (unpaired) electrons. The van der Waals surface area contributed by atoms with Crippen molar-refractivity contribution in [2.45, 2.75) is 31.1 Å². The van der Waals surface area contributed by atoms with Gasteiger partial charge in [-0.3, -0.25) is 0 Å². The third-order valence-corrected chi connectivity index (χ3v) is 4.80. The number of thioether (sulfide) groups is 1. The van der Waals surface area contributed by atoms with Crippen molar-refractivity contribution in [1.82, 2.24) is 0 Å². The Morgan fingerprint density at radius 3 is 2.79 bits per heavy atom. The van der Waals surface area contributed by atoms with Crippen LogP contribution < -0.4 is 10.5 Å². The molecule has 1 fully saturated rings. The monoisotopic (exact) mass is 281 g/mol. The van der Waals surface area contributed by atoms with Crippen molar-refractivity contribution < 1.29 is 9.47 Å². The van der Waals surface area contributed by atoms with Crippen molar-refractivity contribution in [3.8, 4) is 5.75 Å². The van der Waals surface area contributed by atoms with Crippen LogP contribution >= 0.6 is 11.8 Å². The largest absolute Gasteiger partial charge is 0.493 e. The van der Waals surface area contributed by atoms with Crippen LogP contribution in [-0.2, 0) is 11.2 Å². The van der Waals surface area contributed by atoms with Crippen molar-refractivity contribution in [2.24, 2.45) is 5.73 Å². The van der Waals surface area contributed by atoms with Crippen molar-refractivity contribution in [1.29, 1.82) is 0 Å². The maximum Gasteiger partial charge on any atom is 0.119 e. The first-order chi connectivity index (χ1) is 9.29. The number of hydrogen-bond acceptors (Lipinski definition) is 4. The molecule has 2 atom stereocenters. The van der Waals surface area contributed by atoms with Crippen LogP contribution in [-0.4, -0.2) is 36.9 Å². The van der Waals surface area contributed by atoms with Crippen LogP contribution in [0.3, 0.4) is 0 Å². The van der Waals surface area contributed by atoms with Gasteiger partial charge in [0.1, 0.15) is 5.75 Å². The van der Waals surface area contributed by atoms with Gasteiger partial charge in [0.2, 0.25) is 0 Å². The van der Waals surface area contributed by atoms with Crippen LogP contribution in [0.4, 0.5) is 0 Å². The van der Waals surface area contributed by atoms with Gasteiger partial charge < -0.3 is 15.2 Å². The summed E-state index contributed by atoms with van der Waals surface area (Å²) < 4.78 is 11.3. The van der Waals surface area contributed by atoms with Crippen LogP contribution in [0.1, 0.15) is 18.9 Å². The second kappa shape index (κ2) is 7.78. The number of hydrogen-bond donors (Lipinski definition) is 1. The zero-order valence-corrected chi connectivity index (χ0v) is 12.3. The molecule has 1 heterocycles. The molecule has 2 unspecified atom stereocenters. The highest BCUT2D eigenvalue weighted by molar-refractivity contribution is 8.00. The number of rotatable bonds is 7. The second-order valence-electron chi connectivity index (χ2n) is 4.80. The Labute approximate surface area is 119 Å².